The fourth-order valence-electron chi connectivity index (χ4n) is 2.09. The number of carbonyl (C=O) groups is 1. The van der Waals surface area contributed by atoms with Gasteiger partial charge < -0.3 is 15.8 Å². The predicted molar refractivity (Wildman–Crippen MR) is 86.3 cm³/mol. The van der Waals surface area contributed by atoms with Gasteiger partial charge in [-0.25, -0.2) is 0 Å². The minimum atomic E-state index is -0.662. The van der Waals surface area contributed by atoms with Gasteiger partial charge in [0.2, 0.25) is 5.91 Å². The van der Waals surface area contributed by atoms with E-state index in [9.17, 15) is 4.79 Å². The van der Waals surface area contributed by atoms with Crippen molar-refractivity contribution in [2.75, 3.05) is 13.7 Å². The summed E-state index contributed by atoms with van der Waals surface area (Å²) < 4.78 is 4.93. The standard InChI is InChI=1S/C16H25ClN2O2/c1-16(2,3)9-14(11-5-7-12(17)8-6-11)19-15(20)13(18)10-21-4/h5-8,13-14H,9-10,18H2,1-4H3,(H,19,20). The zero-order valence-electron chi connectivity index (χ0n) is 13.2. The summed E-state index contributed by atoms with van der Waals surface area (Å²) in [6.45, 7) is 6.61. The van der Waals surface area contributed by atoms with E-state index in [0.717, 1.165) is 12.0 Å². The third-order valence-corrected chi connectivity index (χ3v) is 3.34. The van der Waals surface area contributed by atoms with Crippen LogP contribution in [0.5, 0.6) is 0 Å². The Morgan fingerprint density at radius 1 is 1.33 bits per heavy atom. The molecule has 118 valence electrons. The van der Waals surface area contributed by atoms with Gasteiger partial charge in [0, 0.05) is 12.1 Å². The summed E-state index contributed by atoms with van der Waals surface area (Å²) in [5.74, 6) is -0.207. The van der Waals surface area contributed by atoms with Crippen molar-refractivity contribution in [2.45, 2.75) is 39.3 Å². The number of nitrogens with two attached hydrogens (primary N) is 1. The second-order valence-electron chi connectivity index (χ2n) is 6.44. The van der Waals surface area contributed by atoms with Gasteiger partial charge in [0.15, 0.2) is 0 Å². The van der Waals surface area contributed by atoms with Crippen molar-refractivity contribution in [3.05, 3.63) is 34.9 Å². The minimum absolute atomic E-state index is 0.0724. The van der Waals surface area contributed by atoms with Gasteiger partial charge in [-0.3, -0.25) is 4.79 Å². The number of ether oxygens (including phenoxy) is 1. The lowest BCUT2D eigenvalue weighted by Gasteiger charge is -2.28. The van der Waals surface area contributed by atoms with Crippen molar-refractivity contribution in [3.8, 4) is 0 Å². The molecule has 0 heterocycles. The van der Waals surface area contributed by atoms with Gasteiger partial charge in [-0.05, 0) is 29.5 Å². The van der Waals surface area contributed by atoms with E-state index in [1.807, 2.05) is 24.3 Å². The van der Waals surface area contributed by atoms with Gasteiger partial charge in [0.05, 0.1) is 12.6 Å². The Morgan fingerprint density at radius 2 is 1.90 bits per heavy atom. The number of hydrogen-bond acceptors (Lipinski definition) is 3. The highest BCUT2D eigenvalue weighted by molar-refractivity contribution is 6.30. The molecule has 5 heteroatoms. The van der Waals surface area contributed by atoms with Crippen molar-refractivity contribution in [3.63, 3.8) is 0 Å². The van der Waals surface area contributed by atoms with Gasteiger partial charge in [0.1, 0.15) is 6.04 Å². The highest BCUT2D eigenvalue weighted by Crippen LogP contribution is 2.30. The van der Waals surface area contributed by atoms with E-state index in [1.165, 1.54) is 7.11 Å². The molecule has 0 aliphatic rings. The van der Waals surface area contributed by atoms with Crippen LogP contribution in [0.4, 0.5) is 0 Å². The Bertz CT molecular complexity index is 454. The maximum absolute atomic E-state index is 12.1. The molecule has 0 saturated carbocycles. The molecule has 21 heavy (non-hydrogen) atoms. The fraction of sp³-hybridized carbons (Fsp3) is 0.562. The monoisotopic (exact) mass is 312 g/mol. The summed E-state index contributed by atoms with van der Waals surface area (Å²) in [5.41, 5.74) is 6.88. The summed E-state index contributed by atoms with van der Waals surface area (Å²) in [6, 6.07) is 6.76. The first-order valence-electron chi connectivity index (χ1n) is 7.03. The number of halogens is 1. The number of nitrogens with one attached hydrogen (secondary N) is 1. The molecular formula is C16H25ClN2O2. The first-order chi connectivity index (χ1) is 9.73. The molecule has 3 N–H and O–H groups in total. The lowest BCUT2D eigenvalue weighted by molar-refractivity contribution is -0.124. The van der Waals surface area contributed by atoms with Crippen LogP contribution in [0.25, 0.3) is 0 Å². The first-order valence-corrected chi connectivity index (χ1v) is 7.41. The van der Waals surface area contributed by atoms with E-state index in [4.69, 9.17) is 22.1 Å². The lowest BCUT2D eigenvalue weighted by Crippen LogP contribution is -2.45. The van der Waals surface area contributed by atoms with Crippen LogP contribution < -0.4 is 11.1 Å². The van der Waals surface area contributed by atoms with Crippen molar-refractivity contribution in [1.29, 1.82) is 0 Å². The van der Waals surface area contributed by atoms with E-state index >= 15 is 0 Å². The average Bonchev–Trinajstić information content (AvgIpc) is 2.37. The van der Waals surface area contributed by atoms with Crippen LogP contribution in [0.2, 0.25) is 5.02 Å². The summed E-state index contributed by atoms with van der Waals surface area (Å²) >= 11 is 5.92. The zero-order valence-corrected chi connectivity index (χ0v) is 13.9. The summed E-state index contributed by atoms with van der Waals surface area (Å²) in [4.78, 5) is 12.1. The maximum Gasteiger partial charge on any atom is 0.239 e. The Morgan fingerprint density at radius 3 is 2.38 bits per heavy atom. The quantitative estimate of drug-likeness (QED) is 0.849. The number of hydrogen-bond donors (Lipinski definition) is 2. The largest absolute Gasteiger partial charge is 0.383 e. The summed E-state index contributed by atoms with van der Waals surface area (Å²) in [5, 5.41) is 3.68. The van der Waals surface area contributed by atoms with Crippen LogP contribution in [0.3, 0.4) is 0 Å². The molecule has 1 rings (SSSR count). The number of amides is 1. The summed E-state index contributed by atoms with van der Waals surface area (Å²) in [6.07, 6.45) is 0.806. The van der Waals surface area contributed by atoms with Crippen LogP contribution in [-0.4, -0.2) is 25.7 Å². The Hall–Kier alpha value is -1.10. The predicted octanol–water partition coefficient (Wildman–Crippen LogP) is 2.91. The third-order valence-electron chi connectivity index (χ3n) is 3.09. The number of benzene rings is 1. The molecule has 2 atom stereocenters. The average molecular weight is 313 g/mol. The Labute approximate surface area is 132 Å². The van der Waals surface area contributed by atoms with Gasteiger partial charge >= 0.3 is 0 Å². The molecule has 1 aromatic rings. The second-order valence-corrected chi connectivity index (χ2v) is 6.88. The molecule has 4 nitrogen and oxygen atoms in total. The highest BCUT2D eigenvalue weighted by atomic mass is 35.5. The van der Waals surface area contributed by atoms with Crippen molar-refractivity contribution in [1.82, 2.24) is 5.32 Å². The smallest absolute Gasteiger partial charge is 0.239 e. The van der Waals surface area contributed by atoms with Crippen molar-refractivity contribution in [2.24, 2.45) is 11.1 Å². The highest BCUT2D eigenvalue weighted by Gasteiger charge is 2.24. The fourth-order valence-corrected chi connectivity index (χ4v) is 2.22. The van der Waals surface area contributed by atoms with Crippen LogP contribution in [0, 0.1) is 5.41 Å². The molecule has 1 amide bonds. The van der Waals surface area contributed by atoms with E-state index in [-0.39, 0.29) is 24.0 Å². The molecule has 0 bridgehead atoms. The van der Waals surface area contributed by atoms with Crippen molar-refractivity contribution >= 4 is 17.5 Å². The van der Waals surface area contributed by atoms with Gasteiger partial charge in [-0.2, -0.15) is 0 Å². The molecule has 0 spiro atoms. The van der Waals surface area contributed by atoms with E-state index < -0.39 is 6.04 Å². The SMILES string of the molecule is COCC(N)C(=O)NC(CC(C)(C)C)c1ccc(Cl)cc1. The van der Waals surface area contributed by atoms with Crippen LogP contribution in [0.15, 0.2) is 24.3 Å². The normalized spacial score (nSPS) is 14.6. The molecule has 1 aromatic carbocycles. The number of carbonyl (C=O) groups excluding carboxylic acids is 1. The first kappa shape index (κ1) is 18.0. The minimum Gasteiger partial charge on any atom is -0.383 e. The van der Waals surface area contributed by atoms with Gasteiger partial charge in [-0.1, -0.05) is 44.5 Å². The van der Waals surface area contributed by atoms with E-state index in [1.54, 1.807) is 0 Å². The van der Waals surface area contributed by atoms with Gasteiger partial charge in [0.25, 0.3) is 0 Å². The second kappa shape index (κ2) is 7.78. The molecular weight excluding hydrogens is 288 g/mol. The molecule has 0 fully saturated rings. The third kappa shape index (κ3) is 6.46. The molecule has 0 aliphatic carbocycles. The number of methoxy groups -OCH3 is 1. The number of rotatable bonds is 6. The van der Waals surface area contributed by atoms with Crippen molar-refractivity contribution < 1.29 is 9.53 Å². The molecule has 2 unspecified atom stereocenters. The maximum atomic E-state index is 12.1. The van der Waals surface area contributed by atoms with Crippen LogP contribution in [-0.2, 0) is 9.53 Å². The molecule has 0 aromatic heterocycles. The molecule has 0 saturated heterocycles. The Balaban J connectivity index is 2.87. The van der Waals surface area contributed by atoms with Crippen LogP contribution in [0.1, 0.15) is 38.8 Å². The molecule has 0 radical (unpaired) electrons. The van der Waals surface area contributed by atoms with Crippen LogP contribution >= 0.6 is 11.6 Å². The van der Waals surface area contributed by atoms with E-state index in [2.05, 4.69) is 26.1 Å². The summed E-state index contributed by atoms with van der Waals surface area (Å²) in [7, 11) is 1.53. The zero-order chi connectivity index (χ0) is 16.0. The molecule has 0 aliphatic heterocycles. The lowest BCUT2D eigenvalue weighted by atomic mass is 9.85. The van der Waals surface area contributed by atoms with E-state index in [0.29, 0.717) is 5.02 Å². The Kier molecular flexibility index (Phi) is 6.65. The topological polar surface area (TPSA) is 64.3 Å². The van der Waals surface area contributed by atoms with Gasteiger partial charge in [-0.15, -0.1) is 0 Å².